The Labute approximate surface area is 123 Å². The summed E-state index contributed by atoms with van der Waals surface area (Å²) >= 11 is 5.09. The fourth-order valence-electron chi connectivity index (χ4n) is 2.04. The highest BCUT2D eigenvalue weighted by molar-refractivity contribution is 7.71. The molecule has 0 radical (unpaired) electrons. The third-order valence-corrected chi connectivity index (χ3v) is 3.43. The Morgan fingerprint density at radius 2 is 2.10 bits per heavy atom. The van der Waals surface area contributed by atoms with Gasteiger partial charge in [-0.3, -0.25) is 10.1 Å². The zero-order chi connectivity index (χ0) is 15.7. The maximum Gasteiger partial charge on any atom is 0.305 e. The van der Waals surface area contributed by atoms with Crippen molar-refractivity contribution in [2.24, 2.45) is 0 Å². The number of nitrogens with zero attached hydrogens (tertiary/aromatic N) is 2. The van der Waals surface area contributed by atoms with Gasteiger partial charge < -0.3 is 4.98 Å². The van der Waals surface area contributed by atoms with Gasteiger partial charge in [0.05, 0.1) is 10.5 Å². The molecule has 2 rings (SSSR count). The molecule has 5 nitrogen and oxygen atoms in total. The fourth-order valence-corrected chi connectivity index (χ4v) is 2.43. The Kier molecular flexibility index (Phi) is 4.08. The number of aromatic nitrogens is 2. The van der Waals surface area contributed by atoms with Crippen molar-refractivity contribution in [1.29, 1.82) is 0 Å². The van der Waals surface area contributed by atoms with E-state index >= 15 is 0 Å². The quantitative estimate of drug-likeness (QED) is 0.531. The maximum absolute atomic E-state index is 14.1. The van der Waals surface area contributed by atoms with Crippen LogP contribution in [-0.4, -0.2) is 14.9 Å². The Balaban J connectivity index is 2.76. The van der Waals surface area contributed by atoms with Gasteiger partial charge in [-0.2, -0.15) is 4.39 Å². The first-order valence-corrected chi connectivity index (χ1v) is 6.50. The number of benzene rings is 1. The van der Waals surface area contributed by atoms with Crippen LogP contribution in [0, 0.1) is 33.3 Å². The summed E-state index contributed by atoms with van der Waals surface area (Å²) in [4.78, 5) is 16.5. The van der Waals surface area contributed by atoms with Crippen molar-refractivity contribution in [1.82, 2.24) is 9.97 Å². The summed E-state index contributed by atoms with van der Waals surface area (Å²) in [6.07, 6.45) is 0.619. The highest BCUT2D eigenvalue weighted by Gasteiger charge is 2.24. The number of hydrogen-bond acceptors (Lipinski definition) is 4. The van der Waals surface area contributed by atoms with Gasteiger partial charge in [0.2, 0.25) is 5.82 Å². The van der Waals surface area contributed by atoms with Gasteiger partial charge in [0.15, 0.2) is 0 Å². The molecule has 0 bridgehead atoms. The van der Waals surface area contributed by atoms with Gasteiger partial charge >= 0.3 is 5.69 Å². The number of halogens is 2. The van der Waals surface area contributed by atoms with Crippen molar-refractivity contribution >= 4 is 17.9 Å². The van der Waals surface area contributed by atoms with E-state index < -0.39 is 27.8 Å². The first kappa shape index (κ1) is 15.2. The van der Waals surface area contributed by atoms with Crippen LogP contribution in [0.4, 0.5) is 14.5 Å². The molecule has 0 aliphatic rings. The number of nitro groups is 1. The minimum atomic E-state index is -1.28. The van der Waals surface area contributed by atoms with Crippen LogP contribution >= 0.6 is 12.2 Å². The number of H-pyrrole nitrogens is 1. The SMILES string of the molecule is CCc1c(C)[nH]c(-c2c(F)ccc([N+](=O)[O-])c2F)nc1=S. The fraction of sp³-hybridized carbons (Fsp3) is 0.231. The molecule has 0 saturated heterocycles. The molecule has 0 unspecified atom stereocenters. The lowest BCUT2D eigenvalue weighted by Gasteiger charge is -2.09. The lowest BCUT2D eigenvalue weighted by Crippen LogP contribution is -2.04. The molecule has 2 aromatic rings. The lowest BCUT2D eigenvalue weighted by molar-refractivity contribution is -0.387. The molecule has 0 saturated carbocycles. The van der Waals surface area contributed by atoms with E-state index in [1.54, 1.807) is 6.92 Å². The van der Waals surface area contributed by atoms with Crippen molar-refractivity contribution < 1.29 is 13.7 Å². The number of aryl methyl sites for hydroxylation is 1. The predicted molar refractivity (Wildman–Crippen MR) is 75.5 cm³/mol. The van der Waals surface area contributed by atoms with Gasteiger partial charge in [-0.25, -0.2) is 9.37 Å². The summed E-state index contributed by atoms with van der Waals surface area (Å²) in [7, 11) is 0. The van der Waals surface area contributed by atoms with Crippen LogP contribution in [-0.2, 0) is 6.42 Å². The molecule has 0 aliphatic heterocycles. The van der Waals surface area contributed by atoms with Crippen molar-refractivity contribution in [3.05, 3.63) is 49.8 Å². The number of aromatic amines is 1. The van der Waals surface area contributed by atoms with Gasteiger partial charge in [-0.05, 0) is 19.4 Å². The summed E-state index contributed by atoms with van der Waals surface area (Å²) in [5.74, 6) is -2.38. The first-order valence-electron chi connectivity index (χ1n) is 6.09. The van der Waals surface area contributed by atoms with Crippen LogP contribution in [0.25, 0.3) is 11.4 Å². The number of hydrogen-bond donors (Lipinski definition) is 1. The molecule has 1 N–H and O–H groups in total. The van der Waals surface area contributed by atoms with E-state index in [0.29, 0.717) is 12.1 Å². The third kappa shape index (κ3) is 2.66. The monoisotopic (exact) mass is 311 g/mol. The van der Waals surface area contributed by atoms with Crippen molar-refractivity contribution in [2.75, 3.05) is 0 Å². The maximum atomic E-state index is 14.1. The second-order valence-corrected chi connectivity index (χ2v) is 4.75. The van der Waals surface area contributed by atoms with Crippen LogP contribution in [0.1, 0.15) is 18.2 Å². The van der Waals surface area contributed by atoms with E-state index in [-0.39, 0.29) is 10.5 Å². The predicted octanol–water partition coefficient (Wildman–Crippen LogP) is 3.86. The van der Waals surface area contributed by atoms with E-state index in [4.69, 9.17) is 12.2 Å². The van der Waals surface area contributed by atoms with E-state index in [9.17, 15) is 18.9 Å². The normalized spacial score (nSPS) is 10.7. The molecule has 1 heterocycles. The Morgan fingerprint density at radius 1 is 1.43 bits per heavy atom. The molecular weight excluding hydrogens is 300 g/mol. The summed E-state index contributed by atoms with van der Waals surface area (Å²) < 4.78 is 28.2. The number of rotatable bonds is 3. The minimum absolute atomic E-state index is 0.159. The molecule has 8 heteroatoms. The molecule has 0 amide bonds. The van der Waals surface area contributed by atoms with Crippen LogP contribution in [0.5, 0.6) is 0 Å². The molecule has 0 spiro atoms. The second kappa shape index (κ2) is 5.65. The molecular formula is C13H11F2N3O2S. The van der Waals surface area contributed by atoms with E-state index in [1.165, 1.54) is 0 Å². The highest BCUT2D eigenvalue weighted by Crippen LogP contribution is 2.30. The van der Waals surface area contributed by atoms with Crippen LogP contribution < -0.4 is 0 Å². The Bertz CT molecular complexity index is 790. The van der Waals surface area contributed by atoms with Crippen molar-refractivity contribution in [2.45, 2.75) is 20.3 Å². The van der Waals surface area contributed by atoms with Gasteiger partial charge in [0.25, 0.3) is 0 Å². The van der Waals surface area contributed by atoms with Gasteiger partial charge in [-0.15, -0.1) is 0 Å². The Hall–Kier alpha value is -2.22. The average Bonchev–Trinajstić information content (AvgIpc) is 2.38. The van der Waals surface area contributed by atoms with Crippen LogP contribution in [0.15, 0.2) is 12.1 Å². The average molecular weight is 311 g/mol. The van der Waals surface area contributed by atoms with Crippen LogP contribution in [0.3, 0.4) is 0 Å². The zero-order valence-corrected chi connectivity index (χ0v) is 12.1. The topological polar surface area (TPSA) is 71.8 Å². The highest BCUT2D eigenvalue weighted by atomic mass is 32.1. The summed E-state index contributed by atoms with van der Waals surface area (Å²) in [5, 5.41) is 10.7. The molecule has 1 aromatic heterocycles. The van der Waals surface area contributed by atoms with Crippen molar-refractivity contribution in [3.63, 3.8) is 0 Å². The smallest absolute Gasteiger partial charge is 0.305 e. The first-order chi connectivity index (χ1) is 9.86. The molecule has 110 valence electrons. The second-order valence-electron chi connectivity index (χ2n) is 4.36. The van der Waals surface area contributed by atoms with Gasteiger partial charge in [0, 0.05) is 17.3 Å². The molecule has 0 aliphatic carbocycles. The number of nitro benzene ring substituents is 1. The summed E-state index contributed by atoms with van der Waals surface area (Å²) in [5.41, 5.74) is -0.0106. The van der Waals surface area contributed by atoms with E-state index in [0.717, 1.165) is 17.7 Å². The third-order valence-electron chi connectivity index (χ3n) is 3.09. The van der Waals surface area contributed by atoms with Gasteiger partial charge in [-0.1, -0.05) is 19.1 Å². The van der Waals surface area contributed by atoms with E-state index in [2.05, 4.69) is 9.97 Å². The van der Waals surface area contributed by atoms with Gasteiger partial charge in [0.1, 0.15) is 16.3 Å². The van der Waals surface area contributed by atoms with Crippen LogP contribution in [0.2, 0.25) is 0 Å². The zero-order valence-electron chi connectivity index (χ0n) is 11.2. The largest absolute Gasteiger partial charge is 0.343 e. The summed E-state index contributed by atoms with van der Waals surface area (Å²) in [6.45, 7) is 3.58. The van der Waals surface area contributed by atoms with E-state index in [1.807, 2.05) is 6.92 Å². The number of nitrogens with one attached hydrogen (secondary N) is 1. The van der Waals surface area contributed by atoms with Crippen molar-refractivity contribution in [3.8, 4) is 11.4 Å². The Morgan fingerprint density at radius 3 is 2.62 bits per heavy atom. The standard InChI is InChI=1S/C13H11F2N3O2S/c1-3-7-6(2)16-12(17-13(7)21)10-8(14)4-5-9(11(10)15)18(19)20/h4-5H,3H2,1-2H3,(H,16,17,21). The lowest BCUT2D eigenvalue weighted by atomic mass is 10.1. The molecule has 21 heavy (non-hydrogen) atoms. The molecule has 0 atom stereocenters. The minimum Gasteiger partial charge on any atom is -0.343 e. The molecule has 0 fully saturated rings. The molecule has 1 aromatic carbocycles. The summed E-state index contributed by atoms with van der Waals surface area (Å²) in [6, 6.07) is 1.61.